The molecule has 1 aromatic carbocycles. The predicted octanol–water partition coefficient (Wildman–Crippen LogP) is 2.84. The third kappa shape index (κ3) is 2.13. The second kappa shape index (κ2) is 4.72. The number of hydrogen-bond donors (Lipinski definition) is 1. The Hall–Kier alpha value is -1.26. The molecule has 1 N–H and O–H groups in total. The molecule has 0 saturated heterocycles. The number of benzene rings is 1. The van der Waals surface area contributed by atoms with Crippen LogP contribution >= 0.6 is 0 Å². The molecule has 0 fully saturated rings. The van der Waals surface area contributed by atoms with Crippen LogP contribution in [0, 0.1) is 24.7 Å². The fraction of sp³-hybridized carbons (Fsp3) is 0.467. The maximum atomic E-state index is 3.54. The smallest absolute Gasteiger partial charge is 0.0581 e. The second-order valence-electron chi connectivity index (χ2n) is 4.67. The highest BCUT2D eigenvalue weighted by Crippen LogP contribution is 2.36. The lowest BCUT2D eigenvalue weighted by Gasteiger charge is -2.17. The zero-order chi connectivity index (χ0) is 11.5. The fourth-order valence-corrected chi connectivity index (χ4v) is 2.52. The van der Waals surface area contributed by atoms with E-state index >= 15 is 0 Å². The summed E-state index contributed by atoms with van der Waals surface area (Å²) in [7, 11) is 0. The normalized spacial score (nSPS) is 22.4. The van der Waals surface area contributed by atoms with Gasteiger partial charge >= 0.3 is 0 Å². The van der Waals surface area contributed by atoms with Crippen LogP contribution in [0.3, 0.4) is 0 Å². The Labute approximate surface area is 98.3 Å². The largest absolute Gasteiger partial charge is 0.299 e. The van der Waals surface area contributed by atoms with Crippen molar-refractivity contribution >= 4 is 0 Å². The van der Waals surface area contributed by atoms with E-state index in [1.165, 1.54) is 23.1 Å². The van der Waals surface area contributed by atoms with Gasteiger partial charge in [0, 0.05) is 6.04 Å². The summed E-state index contributed by atoms with van der Waals surface area (Å²) < 4.78 is 0. The van der Waals surface area contributed by atoms with E-state index in [-0.39, 0.29) is 0 Å². The molecule has 0 aliphatic heterocycles. The molecule has 1 heteroatoms. The van der Waals surface area contributed by atoms with Gasteiger partial charge in [0.2, 0.25) is 0 Å². The molecule has 16 heavy (non-hydrogen) atoms. The molecule has 0 radical (unpaired) electrons. The van der Waals surface area contributed by atoms with Gasteiger partial charge in [-0.2, -0.15) is 0 Å². The summed E-state index contributed by atoms with van der Waals surface area (Å²) >= 11 is 0. The van der Waals surface area contributed by atoms with Crippen LogP contribution in [0.25, 0.3) is 0 Å². The highest BCUT2D eigenvalue weighted by atomic mass is 14.9. The molecule has 84 valence electrons. The molecule has 2 rings (SSSR count). The lowest BCUT2D eigenvalue weighted by Crippen LogP contribution is -2.24. The van der Waals surface area contributed by atoms with Crippen molar-refractivity contribution in [2.75, 3.05) is 6.54 Å². The van der Waals surface area contributed by atoms with Gasteiger partial charge in [-0.05, 0) is 37.3 Å². The molecule has 0 saturated carbocycles. The number of rotatable bonds is 2. The van der Waals surface area contributed by atoms with E-state index in [2.05, 4.69) is 49.2 Å². The molecule has 0 bridgehead atoms. The summed E-state index contributed by atoms with van der Waals surface area (Å²) in [6.45, 7) is 7.15. The lowest BCUT2D eigenvalue weighted by atomic mass is 10.0. The summed E-state index contributed by atoms with van der Waals surface area (Å²) in [5.41, 5.74) is 4.33. The van der Waals surface area contributed by atoms with Gasteiger partial charge in [-0.1, -0.05) is 36.6 Å². The predicted molar refractivity (Wildman–Crippen MR) is 68.2 cm³/mol. The average molecular weight is 213 g/mol. The Morgan fingerprint density at radius 3 is 3.00 bits per heavy atom. The van der Waals surface area contributed by atoms with Crippen LogP contribution in [-0.4, -0.2) is 6.54 Å². The van der Waals surface area contributed by atoms with Crippen LogP contribution in [0.2, 0.25) is 0 Å². The van der Waals surface area contributed by atoms with Crippen LogP contribution in [-0.2, 0) is 6.42 Å². The molecule has 0 aromatic heterocycles. The van der Waals surface area contributed by atoms with Crippen LogP contribution in [0.1, 0.15) is 36.6 Å². The molecule has 2 atom stereocenters. The molecule has 0 spiro atoms. The summed E-state index contributed by atoms with van der Waals surface area (Å²) in [6, 6.07) is 7.28. The first kappa shape index (κ1) is 11.2. The third-order valence-corrected chi connectivity index (χ3v) is 3.33. The Balaban J connectivity index is 2.19. The van der Waals surface area contributed by atoms with Crippen LogP contribution in [0.15, 0.2) is 18.2 Å². The summed E-state index contributed by atoms with van der Waals surface area (Å²) in [5, 5.41) is 3.54. The van der Waals surface area contributed by atoms with Crippen molar-refractivity contribution in [3.05, 3.63) is 34.9 Å². The van der Waals surface area contributed by atoms with E-state index in [0.717, 1.165) is 6.54 Å². The number of nitrogens with one attached hydrogen (secondary N) is 1. The topological polar surface area (TPSA) is 12.0 Å². The van der Waals surface area contributed by atoms with Crippen LogP contribution in [0.4, 0.5) is 0 Å². The van der Waals surface area contributed by atoms with Crippen molar-refractivity contribution in [2.24, 2.45) is 5.92 Å². The van der Waals surface area contributed by atoms with Crippen molar-refractivity contribution < 1.29 is 0 Å². The molecule has 1 nitrogen and oxygen atoms in total. The molecule has 1 aliphatic carbocycles. The Morgan fingerprint density at radius 1 is 1.44 bits per heavy atom. The summed E-state index contributed by atoms with van der Waals surface area (Å²) in [4.78, 5) is 0. The highest BCUT2D eigenvalue weighted by Gasteiger charge is 2.28. The van der Waals surface area contributed by atoms with Gasteiger partial charge in [-0.25, -0.2) is 0 Å². The van der Waals surface area contributed by atoms with E-state index in [0.29, 0.717) is 12.0 Å². The van der Waals surface area contributed by atoms with E-state index in [1.54, 1.807) is 0 Å². The molecular weight excluding hydrogens is 194 g/mol. The van der Waals surface area contributed by atoms with Gasteiger partial charge in [-0.3, -0.25) is 5.32 Å². The van der Waals surface area contributed by atoms with E-state index < -0.39 is 0 Å². The highest BCUT2D eigenvalue weighted by molar-refractivity contribution is 5.38. The first-order chi connectivity index (χ1) is 7.72. The molecule has 0 heterocycles. The summed E-state index contributed by atoms with van der Waals surface area (Å²) in [6.07, 6.45) is 1.19. The van der Waals surface area contributed by atoms with Gasteiger partial charge in [0.05, 0.1) is 6.54 Å². The number of hydrogen-bond acceptors (Lipinski definition) is 1. The Morgan fingerprint density at radius 2 is 2.25 bits per heavy atom. The number of aryl methyl sites for hydroxylation is 1. The van der Waals surface area contributed by atoms with Gasteiger partial charge in [0.1, 0.15) is 0 Å². The zero-order valence-corrected chi connectivity index (χ0v) is 10.3. The molecule has 2 unspecified atom stereocenters. The monoisotopic (exact) mass is 213 g/mol. The van der Waals surface area contributed by atoms with Gasteiger partial charge in [0.25, 0.3) is 0 Å². The van der Waals surface area contributed by atoms with Gasteiger partial charge in [-0.15, -0.1) is 5.92 Å². The van der Waals surface area contributed by atoms with E-state index in [1.807, 2.05) is 6.92 Å². The van der Waals surface area contributed by atoms with Crippen molar-refractivity contribution in [3.63, 3.8) is 0 Å². The first-order valence-electron chi connectivity index (χ1n) is 5.94. The lowest BCUT2D eigenvalue weighted by molar-refractivity contribution is 0.435. The average Bonchev–Trinajstić information content (AvgIpc) is 2.56. The Kier molecular flexibility index (Phi) is 3.31. The maximum absolute atomic E-state index is 3.54. The minimum absolute atomic E-state index is 0.482. The molecular formula is C15H19N. The van der Waals surface area contributed by atoms with Gasteiger partial charge in [0.15, 0.2) is 0 Å². The second-order valence-corrected chi connectivity index (χ2v) is 4.67. The van der Waals surface area contributed by atoms with Crippen molar-refractivity contribution in [1.29, 1.82) is 0 Å². The van der Waals surface area contributed by atoms with Crippen molar-refractivity contribution in [1.82, 2.24) is 5.32 Å². The van der Waals surface area contributed by atoms with Crippen LogP contribution < -0.4 is 5.32 Å². The fourth-order valence-electron chi connectivity index (χ4n) is 2.52. The molecule has 1 aromatic rings. The third-order valence-electron chi connectivity index (χ3n) is 3.33. The summed E-state index contributed by atoms with van der Waals surface area (Å²) in [5.74, 6) is 6.69. The van der Waals surface area contributed by atoms with Crippen molar-refractivity contribution in [3.8, 4) is 11.8 Å². The standard InChI is InChI=1S/C15H19N/c1-4-5-8-16-15-12(3)10-13-7-6-11(2)9-14(13)15/h6-7,9,12,15-16H,8,10H2,1-3H3. The molecule has 0 amide bonds. The SMILES string of the molecule is CC#CCNC1c2cc(C)ccc2CC1C. The van der Waals surface area contributed by atoms with E-state index in [4.69, 9.17) is 0 Å². The van der Waals surface area contributed by atoms with Gasteiger partial charge < -0.3 is 0 Å². The zero-order valence-electron chi connectivity index (χ0n) is 10.3. The van der Waals surface area contributed by atoms with E-state index in [9.17, 15) is 0 Å². The maximum Gasteiger partial charge on any atom is 0.0581 e. The first-order valence-corrected chi connectivity index (χ1v) is 5.94. The Bertz CT molecular complexity index is 436. The van der Waals surface area contributed by atoms with Crippen molar-refractivity contribution in [2.45, 2.75) is 33.2 Å². The quantitative estimate of drug-likeness (QED) is 0.745. The minimum Gasteiger partial charge on any atom is -0.299 e. The van der Waals surface area contributed by atoms with Crippen LogP contribution in [0.5, 0.6) is 0 Å². The number of fused-ring (bicyclic) bond motifs is 1. The molecule has 1 aliphatic rings. The minimum atomic E-state index is 0.482.